The van der Waals surface area contributed by atoms with Gasteiger partial charge in [-0.25, -0.2) is 0 Å². The summed E-state index contributed by atoms with van der Waals surface area (Å²) in [5.41, 5.74) is 2.31. The lowest BCUT2D eigenvalue weighted by molar-refractivity contribution is -0.120. The first-order valence-electron chi connectivity index (χ1n) is 9.56. The molecule has 0 heterocycles. The average Bonchev–Trinajstić information content (AvgIpc) is 3.46. The Bertz CT molecular complexity index is 618. The third-order valence-electron chi connectivity index (χ3n) is 4.28. The Hall–Kier alpha value is -1.51. The van der Waals surface area contributed by atoms with Gasteiger partial charge in [0.2, 0.25) is 5.91 Å². The number of amides is 1. The molecular formula is C20H33IN4O2. The van der Waals surface area contributed by atoms with Gasteiger partial charge in [0.15, 0.2) is 5.96 Å². The molecule has 0 aliphatic heterocycles. The Labute approximate surface area is 179 Å². The number of hydrogen-bond donors (Lipinski definition) is 3. The number of nitrogens with one attached hydrogen (secondary N) is 3. The standard InChI is InChI=1S/C20H32N4O2.HI/c1-4-10-22-19(25)9-11-23-20(21-3)24-13-17-8-5-15(2)12-18(17)26-14-16-6-7-16;/h5,8,12,16H,4,6-7,9-11,13-14H2,1-3H3,(H,22,25)(H2,21,23,24);1H. The Balaban J connectivity index is 0.00000364. The molecule has 7 heteroatoms. The van der Waals surface area contributed by atoms with Crippen LogP contribution in [0.15, 0.2) is 23.2 Å². The molecule has 1 amide bonds. The maximum absolute atomic E-state index is 11.6. The van der Waals surface area contributed by atoms with Gasteiger partial charge in [-0.05, 0) is 43.7 Å². The first-order valence-corrected chi connectivity index (χ1v) is 9.56. The van der Waals surface area contributed by atoms with Gasteiger partial charge in [0.25, 0.3) is 0 Å². The van der Waals surface area contributed by atoms with Gasteiger partial charge in [0.1, 0.15) is 5.75 Å². The lowest BCUT2D eigenvalue weighted by atomic mass is 10.1. The van der Waals surface area contributed by atoms with Crippen molar-refractivity contribution < 1.29 is 9.53 Å². The quantitative estimate of drug-likeness (QED) is 0.269. The average molecular weight is 488 g/mol. The minimum Gasteiger partial charge on any atom is -0.493 e. The van der Waals surface area contributed by atoms with E-state index in [1.807, 2.05) is 6.92 Å². The highest BCUT2D eigenvalue weighted by Gasteiger charge is 2.22. The molecule has 0 spiro atoms. The van der Waals surface area contributed by atoms with Crippen molar-refractivity contribution in [1.82, 2.24) is 16.0 Å². The summed E-state index contributed by atoms with van der Waals surface area (Å²) in [4.78, 5) is 15.8. The molecule has 0 aromatic heterocycles. The minimum absolute atomic E-state index is 0. The number of halogens is 1. The van der Waals surface area contributed by atoms with Crippen LogP contribution >= 0.6 is 24.0 Å². The molecule has 1 aliphatic rings. The molecule has 0 unspecified atom stereocenters. The molecule has 0 bridgehead atoms. The molecule has 1 aromatic rings. The van der Waals surface area contributed by atoms with E-state index in [1.165, 1.54) is 18.4 Å². The fourth-order valence-corrected chi connectivity index (χ4v) is 2.48. The van der Waals surface area contributed by atoms with Crippen LogP contribution in [-0.2, 0) is 11.3 Å². The molecule has 1 saturated carbocycles. The summed E-state index contributed by atoms with van der Waals surface area (Å²) in [7, 11) is 1.73. The van der Waals surface area contributed by atoms with Crippen LogP contribution in [0, 0.1) is 12.8 Å². The van der Waals surface area contributed by atoms with Crippen LogP contribution in [0.5, 0.6) is 5.75 Å². The Kier molecular flexibility index (Phi) is 11.2. The molecule has 2 rings (SSSR count). The van der Waals surface area contributed by atoms with Crippen molar-refractivity contribution in [2.45, 2.75) is 46.1 Å². The highest BCUT2D eigenvalue weighted by molar-refractivity contribution is 14.0. The molecule has 0 radical (unpaired) electrons. The number of aryl methyl sites for hydroxylation is 1. The van der Waals surface area contributed by atoms with Gasteiger partial charge in [-0.1, -0.05) is 19.1 Å². The Morgan fingerprint density at radius 2 is 2.00 bits per heavy atom. The van der Waals surface area contributed by atoms with Gasteiger partial charge < -0.3 is 20.7 Å². The van der Waals surface area contributed by atoms with Gasteiger partial charge in [-0.3, -0.25) is 9.79 Å². The molecule has 0 atom stereocenters. The number of benzene rings is 1. The van der Waals surface area contributed by atoms with E-state index in [2.05, 4.69) is 46.1 Å². The van der Waals surface area contributed by atoms with E-state index in [9.17, 15) is 4.79 Å². The monoisotopic (exact) mass is 488 g/mol. The van der Waals surface area contributed by atoms with Crippen molar-refractivity contribution >= 4 is 35.8 Å². The second kappa shape index (κ2) is 12.8. The largest absolute Gasteiger partial charge is 0.493 e. The van der Waals surface area contributed by atoms with Gasteiger partial charge in [0, 0.05) is 38.7 Å². The molecule has 152 valence electrons. The number of guanidine groups is 1. The zero-order valence-electron chi connectivity index (χ0n) is 16.6. The fraction of sp³-hybridized carbons (Fsp3) is 0.600. The number of aliphatic imine (C=N–C) groups is 1. The third kappa shape index (κ3) is 9.30. The van der Waals surface area contributed by atoms with Crippen LogP contribution in [0.25, 0.3) is 0 Å². The summed E-state index contributed by atoms with van der Waals surface area (Å²) in [6.07, 6.45) is 3.94. The number of ether oxygens (including phenoxy) is 1. The number of carbonyl (C=O) groups excluding carboxylic acids is 1. The summed E-state index contributed by atoms with van der Waals surface area (Å²) in [6.45, 7) is 6.82. The second-order valence-electron chi connectivity index (χ2n) is 6.82. The smallest absolute Gasteiger partial charge is 0.221 e. The number of nitrogens with zero attached hydrogens (tertiary/aromatic N) is 1. The molecule has 1 aliphatic carbocycles. The maximum atomic E-state index is 11.6. The van der Waals surface area contributed by atoms with Crippen LogP contribution in [0.3, 0.4) is 0 Å². The summed E-state index contributed by atoms with van der Waals surface area (Å²) < 4.78 is 6.00. The number of rotatable bonds is 10. The zero-order chi connectivity index (χ0) is 18.8. The van der Waals surface area contributed by atoms with E-state index >= 15 is 0 Å². The van der Waals surface area contributed by atoms with Gasteiger partial charge >= 0.3 is 0 Å². The lowest BCUT2D eigenvalue weighted by Gasteiger charge is -2.15. The van der Waals surface area contributed by atoms with Gasteiger partial charge in [0.05, 0.1) is 6.61 Å². The predicted molar refractivity (Wildman–Crippen MR) is 121 cm³/mol. The fourth-order valence-electron chi connectivity index (χ4n) is 2.48. The van der Waals surface area contributed by atoms with Crippen molar-refractivity contribution in [3.63, 3.8) is 0 Å². The Morgan fingerprint density at radius 3 is 2.67 bits per heavy atom. The third-order valence-corrected chi connectivity index (χ3v) is 4.28. The molecule has 0 saturated heterocycles. The highest BCUT2D eigenvalue weighted by Crippen LogP contribution is 2.30. The first-order chi connectivity index (χ1) is 12.6. The number of carbonyl (C=O) groups is 1. The van der Waals surface area contributed by atoms with Crippen LogP contribution in [0.4, 0.5) is 0 Å². The van der Waals surface area contributed by atoms with Crippen LogP contribution < -0.4 is 20.7 Å². The van der Waals surface area contributed by atoms with Crippen molar-refractivity contribution in [1.29, 1.82) is 0 Å². The maximum Gasteiger partial charge on any atom is 0.221 e. The second-order valence-corrected chi connectivity index (χ2v) is 6.82. The van der Waals surface area contributed by atoms with Crippen molar-refractivity contribution in [2.75, 3.05) is 26.7 Å². The summed E-state index contributed by atoms with van der Waals surface area (Å²) in [5, 5.41) is 9.34. The minimum atomic E-state index is 0. The molecule has 27 heavy (non-hydrogen) atoms. The van der Waals surface area contributed by atoms with E-state index in [-0.39, 0.29) is 29.9 Å². The Morgan fingerprint density at radius 1 is 1.22 bits per heavy atom. The van der Waals surface area contributed by atoms with Crippen molar-refractivity contribution in [3.8, 4) is 5.75 Å². The SMILES string of the molecule is CCCNC(=O)CCNC(=NC)NCc1ccc(C)cc1OCC1CC1.I. The summed E-state index contributed by atoms with van der Waals surface area (Å²) in [5.74, 6) is 2.41. The van der Waals surface area contributed by atoms with Gasteiger partial charge in [-0.15, -0.1) is 24.0 Å². The van der Waals surface area contributed by atoms with Crippen LogP contribution in [0.1, 0.15) is 43.7 Å². The van der Waals surface area contributed by atoms with Crippen LogP contribution in [-0.4, -0.2) is 38.6 Å². The first kappa shape index (κ1) is 23.5. The summed E-state index contributed by atoms with van der Waals surface area (Å²) >= 11 is 0. The molecular weight excluding hydrogens is 455 g/mol. The molecule has 6 nitrogen and oxygen atoms in total. The zero-order valence-corrected chi connectivity index (χ0v) is 19.0. The normalized spacial score (nSPS) is 13.5. The lowest BCUT2D eigenvalue weighted by Crippen LogP contribution is -2.39. The van der Waals surface area contributed by atoms with E-state index in [1.54, 1.807) is 7.05 Å². The van der Waals surface area contributed by atoms with Crippen molar-refractivity contribution in [2.24, 2.45) is 10.9 Å². The molecule has 3 N–H and O–H groups in total. The molecule has 1 fully saturated rings. The summed E-state index contributed by atoms with van der Waals surface area (Å²) in [6, 6.07) is 6.28. The van der Waals surface area contributed by atoms with E-state index in [4.69, 9.17) is 4.74 Å². The molecule has 1 aromatic carbocycles. The topological polar surface area (TPSA) is 74.8 Å². The van der Waals surface area contributed by atoms with E-state index in [0.29, 0.717) is 25.5 Å². The van der Waals surface area contributed by atoms with E-state index in [0.717, 1.165) is 36.8 Å². The van der Waals surface area contributed by atoms with Gasteiger partial charge in [-0.2, -0.15) is 0 Å². The number of hydrogen-bond acceptors (Lipinski definition) is 3. The predicted octanol–water partition coefficient (Wildman–Crippen LogP) is 2.98. The van der Waals surface area contributed by atoms with Crippen molar-refractivity contribution in [3.05, 3.63) is 29.3 Å². The highest BCUT2D eigenvalue weighted by atomic mass is 127. The van der Waals surface area contributed by atoms with E-state index < -0.39 is 0 Å². The van der Waals surface area contributed by atoms with Crippen LogP contribution in [0.2, 0.25) is 0 Å².